The molecule has 0 amide bonds. The summed E-state index contributed by atoms with van der Waals surface area (Å²) in [6.45, 7) is 3.25. The molecule has 0 saturated carbocycles. The number of piperazine rings is 1. The normalized spacial score (nSPS) is 15.5. The third kappa shape index (κ3) is 4.09. The van der Waals surface area contributed by atoms with Gasteiger partial charge in [0.1, 0.15) is 18.0 Å². The second-order valence-corrected chi connectivity index (χ2v) is 7.37. The Labute approximate surface area is 174 Å². The quantitative estimate of drug-likeness (QED) is 0.606. The predicted molar refractivity (Wildman–Crippen MR) is 107 cm³/mol. The topological polar surface area (TPSA) is 80.0 Å². The lowest BCUT2D eigenvalue weighted by atomic mass is 9.94. The molecule has 0 unspecified atom stereocenters. The van der Waals surface area contributed by atoms with Crippen molar-refractivity contribution in [2.24, 2.45) is 0 Å². The summed E-state index contributed by atoms with van der Waals surface area (Å²) >= 11 is 0. The van der Waals surface area contributed by atoms with Gasteiger partial charge in [-0.1, -0.05) is 0 Å². The maximum Gasteiger partial charge on any atom is 0.418 e. The molecule has 1 saturated heterocycles. The van der Waals surface area contributed by atoms with Gasteiger partial charge in [0, 0.05) is 49.6 Å². The van der Waals surface area contributed by atoms with Crippen LogP contribution in [0.15, 0.2) is 30.6 Å². The van der Waals surface area contributed by atoms with Crippen LogP contribution in [-0.2, 0) is 12.1 Å². The zero-order chi connectivity index (χ0) is 22.4. The summed E-state index contributed by atoms with van der Waals surface area (Å²) in [7, 11) is 0. The molecule has 0 radical (unpaired) electrons. The SMILES string of the molecule is CC(F)(F)c1cc2c(N3CCNCC3)ncnc2cc1-c1nc(N)ccc1C(F)(F)F. The van der Waals surface area contributed by atoms with E-state index in [9.17, 15) is 22.0 Å². The van der Waals surface area contributed by atoms with E-state index in [0.717, 1.165) is 18.2 Å². The Hall–Kier alpha value is -3.08. The Morgan fingerprint density at radius 1 is 1.00 bits per heavy atom. The van der Waals surface area contributed by atoms with Gasteiger partial charge in [-0.05, 0) is 24.3 Å². The number of nitrogens with two attached hydrogens (primary N) is 1. The zero-order valence-electron chi connectivity index (χ0n) is 16.5. The summed E-state index contributed by atoms with van der Waals surface area (Å²) in [4.78, 5) is 14.1. The second-order valence-electron chi connectivity index (χ2n) is 7.37. The number of anilines is 2. The van der Waals surface area contributed by atoms with Gasteiger partial charge >= 0.3 is 6.18 Å². The largest absolute Gasteiger partial charge is 0.418 e. The molecule has 0 atom stereocenters. The Morgan fingerprint density at radius 3 is 2.35 bits per heavy atom. The van der Waals surface area contributed by atoms with Crippen molar-refractivity contribution in [1.29, 1.82) is 0 Å². The van der Waals surface area contributed by atoms with Gasteiger partial charge in [-0.2, -0.15) is 13.2 Å². The van der Waals surface area contributed by atoms with Crippen LogP contribution in [0.3, 0.4) is 0 Å². The Bertz CT molecular complexity index is 1120. The molecule has 31 heavy (non-hydrogen) atoms. The molecule has 1 fully saturated rings. The van der Waals surface area contributed by atoms with E-state index in [1.807, 2.05) is 4.90 Å². The Balaban J connectivity index is 2.01. The number of hydrogen-bond donors (Lipinski definition) is 2. The molecule has 11 heteroatoms. The van der Waals surface area contributed by atoms with E-state index >= 15 is 0 Å². The number of aromatic nitrogens is 3. The van der Waals surface area contributed by atoms with E-state index in [2.05, 4.69) is 20.3 Å². The van der Waals surface area contributed by atoms with E-state index in [1.165, 1.54) is 12.4 Å². The summed E-state index contributed by atoms with van der Waals surface area (Å²) in [5.41, 5.74) is 3.06. The minimum absolute atomic E-state index is 0.211. The highest BCUT2D eigenvalue weighted by Crippen LogP contribution is 2.43. The molecule has 0 spiro atoms. The molecule has 3 N–H and O–H groups in total. The molecule has 4 rings (SSSR count). The third-order valence-electron chi connectivity index (χ3n) is 5.12. The fraction of sp³-hybridized carbons (Fsp3) is 0.350. The maximum atomic E-state index is 14.6. The van der Waals surface area contributed by atoms with Gasteiger partial charge in [0.15, 0.2) is 0 Å². The monoisotopic (exact) mass is 438 g/mol. The first-order valence-corrected chi connectivity index (χ1v) is 9.52. The van der Waals surface area contributed by atoms with Crippen LogP contribution in [0.5, 0.6) is 0 Å². The standard InChI is InChI=1S/C20H19F5N6/c1-19(21,22)14-8-12-15(28-10-29-18(12)31-6-4-27-5-7-31)9-11(14)17-13(20(23,24)25)2-3-16(26)30-17/h2-3,8-10,27H,4-7H2,1H3,(H2,26,30). The number of benzene rings is 1. The number of alkyl halides is 5. The minimum atomic E-state index is -4.80. The van der Waals surface area contributed by atoms with Gasteiger partial charge < -0.3 is 16.0 Å². The number of nitrogens with one attached hydrogen (secondary N) is 1. The molecule has 164 valence electrons. The number of nitrogens with zero attached hydrogens (tertiary/aromatic N) is 4. The van der Waals surface area contributed by atoms with Crippen LogP contribution in [0, 0.1) is 0 Å². The number of nitrogen functional groups attached to an aromatic ring is 1. The van der Waals surface area contributed by atoms with Crippen molar-refractivity contribution in [2.75, 3.05) is 36.8 Å². The van der Waals surface area contributed by atoms with Crippen molar-refractivity contribution < 1.29 is 22.0 Å². The number of hydrogen-bond acceptors (Lipinski definition) is 6. The molecular formula is C20H19F5N6. The number of pyridine rings is 1. The average molecular weight is 438 g/mol. The molecule has 3 heterocycles. The summed E-state index contributed by atoms with van der Waals surface area (Å²) in [5.74, 6) is -3.20. The van der Waals surface area contributed by atoms with Crippen LogP contribution in [-0.4, -0.2) is 41.1 Å². The number of fused-ring (bicyclic) bond motifs is 1. The summed E-state index contributed by atoms with van der Waals surface area (Å²) in [6, 6.07) is 4.09. The van der Waals surface area contributed by atoms with Crippen LogP contribution in [0.25, 0.3) is 22.2 Å². The molecule has 0 aliphatic carbocycles. The van der Waals surface area contributed by atoms with Crippen molar-refractivity contribution in [3.63, 3.8) is 0 Å². The first-order valence-electron chi connectivity index (χ1n) is 9.52. The van der Waals surface area contributed by atoms with Crippen molar-refractivity contribution in [1.82, 2.24) is 20.3 Å². The predicted octanol–water partition coefficient (Wildman–Crippen LogP) is 3.81. The Morgan fingerprint density at radius 2 is 1.71 bits per heavy atom. The molecule has 6 nitrogen and oxygen atoms in total. The third-order valence-corrected chi connectivity index (χ3v) is 5.12. The number of halogens is 5. The van der Waals surface area contributed by atoms with Crippen LogP contribution in [0.1, 0.15) is 18.1 Å². The van der Waals surface area contributed by atoms with E-state index in [4.69, 9.17) is 5.73 Å². The van der Waals surface area contributed by atoms with Gasteiger partial charge in [-0.15, -0.1) is 0 Å². The second kappa shape index (κ2) is 7.56. The van der Waals surface area contributed by atoms with E-state index in [-0.39, 0.29) is 16.9 Å². The molecule has 3 aromatic rings. The molecule has 1 aliphatic heterocycles. The highest BCUT2D eigenvalue weighted by atomic mass is 19.4. The summed E-state index contributed by atoms with van der Waals surface area (Å²) in [6.07, 6.45) is -3.53. The van der Waals surface area contributed by atoms with Gasteiger partial charge in [-0.3, -0.25) is 0 Å². The lowest BCUT2D eigenvalue weighted by Crippen LogP contribution is -2.44. The van der Waals surface area contributed by atoms with Crippen molar-refractivity contribution >= 4 is 22.5 Å². The fourth-order valence-corrected chi connectivity index (χ4v) is 3.69. The Kier molecular flexibility index (Phi) is 5.16. The van der Waals surface area contributed by atoms with E-state index < -0.39 is 28.9 Å². The summed E-state index contributed by atoms with van der Waals surface area (Å²) < 4.78 is 70.1. The molecular weight excluding hydrogens is 419 g/mol. The maximum absolute atomic E-state index is 14.6. The molecule has 1 aromatic carbocycles. The van der Waals surface area contributed by atoms with Gasteiger partial charge in [0.2, 0.25) is 0 Å². The molecule has 2 aromatic heterocycles. The molecule has 1 aliphatic rings. The van der Waals surface area contributed by atoms with Crippen molar-refractivity contribution in [2.45, 2.75) is 19.0 Å². The van der Waals surface area contributed by atoms with Gasteiger partial charge in [0.25, 0.3) is 5.92 Å². The lowest BCUT2D eigenvalue weighted by Gasteiger charge is -2.29. The van der Waals surface area contributed by atoms with Crippen LogP contribution < -0.4 is 16.0 Å². The zero-order valence-corrected chi connectivity index (χ0v) is 16.5. The first-order chi connectivity index (χ1) is 14.6. The highest BCUT2D eigenvalue weighted by Gasteiger charge is 2.38. The van der Waals surface area contributed by atoms with Crippen molar-refractivity contribution in [3.8, 4) is 11.3 Å². The number of rotatable bonds is 3. The highest BCUT2D eigenvalue weighted by molar-refractivity contribution is 5.94. The van der Waals surface area contributed by atoms with Gasteiger partial charge in [-0.25, -0.2) is 23.7 Å². The molecule has 0 bridgehead atoms. The van der Waals surface area contributed by atoms with Gasteiger partial charge in [0.05, 0.1) is 16.8 Å². The van der Waals surface area contributed by atoms with Crippen molar-refractivity contribution in [3.05, 3.63) is 41.7 Å². The van der Waals surface area contributed by atoms with Crippen LogP contribution in [0.2, 0.25) is 0 Å². The van der Waals surface area contributed by atoms with Crippen LogP contribution in [0.4, 0.5) is 33.6 Å². The smallest absolute Gasteiger partial charge is 0.384 e. The first kappa shape index (κ1) is 21.2. The van der Waals surface area contributed by atoms with E-state index in [1.54, 1.807) is 0 Å². The summed E-state index contributed by atoms with van der Waals surface area (Å²) in [5, 5.41) is 3.53. The fourth-order valence-electron chi connectivity index (χ4n) is 3.69. The average Bonchev–Trinajstić information content (AvgIpc) is 2.71. The lowest BCUT2D eigenvalue weighted by molar-refractivity contribution is -0.137. The minimum Gasteiger partial charge on any atom is -0.384 e. The van der Waals surface area contributed by atoms with E-state index in [0.29, 0.717) is 44.3 Å². The van der Waals surface area contributed by atoms with Crippen LogP contribution >= 0.6 is 0 Å².